The smallest absolute Gasteiger partial charge is 0.0724 e. The Morgan fingerprint density at radius 1 is 1.22 bits per heavy atom. The van der Waals surface area contributed by atoms with E-state index >= 15 is 0 Å². The van der Waals surface area contributed by atoms with E-state index in [0.29, 0.717) is 18.2 Å². The highest BCUT2D eigenvalue weighted by Gasteiger charge is 2.31. The van der Waals surface area contributed by atoms with Gasteiger partial charge in [0.25, 0.3) is 0 Å². The minimum Gasteiger partial charge on any atom is -0.380 e. The number of benzene rings is 1. The number of ether oxygens (including phenoxy) is 1. The molecule has 98 valence electrons. The Morgan fingerprint density at radius 2 is 2.11 bits per heavy atom. The van der Waals surface area contributed by atoms with Crippen molar-refractivity contribution in [3.8, 4) is 0 Å². The first-order chi connectivity index (χ1) is 8.78. The van der Waals surface area contributed by atoms with Gasteiger partial charge in [0.1, 0.15) is 0 Å². The van der Waals surface area contributed by atoms with Gasteiger partial charge in [-0.1, -0.05) is 23.8 Å². The molecule has 2 aliphatic carbocycles. The first-order valence-electron chi connectivity index (χ1n) is 7.16. The van der Waals surface area contributed by atoms with Gasteiger partial charge in [-0.05, 0) is 50.2 Å². The first kappa shape index (κ1) is 12.2. The van der Waals surface area contributed by atoms with E-state index in [1.165, 1.54) is 48.8 Å². The maximum absolute atomic E-state index is 5.58. The Kier molecular flexibility index (Phi) is 3.40. The van der Waals surface area contributed by atoms with Crippen LogP contribution in [-0.4, -0.2) is 19.3 Å². The monoisotopic (exact) mass is 245 g/mol. The largest absolute Gasteiger partial charge is 0.380 e. The van der Waals surface area contributed by atoms with E-state index in [-0.39, 0.29) is 0 Å². The molecule has 1 fully saturated rings. The Balaban J connectivity index is 1.74. The number of nitrogens with one attached hydrogen (secondary N) is 1. The molecular weight excluding hydrogens is 222 g/mol. The van der Waals surface area contributed by atoms with Gasteiger partial charge in [-0.3, -0.25) is 0 Å². The second-order valence-corrected chi connectivity index (χ2v) is 5.77. The minimum atomic E-state index is 0.416. The Labute approximate surface area is 110 Å². The fourth-order valence-corrected chi connectivity index (χ4v) is 3.55. The minimum absolute atomic E-state index is 0.416. The zero-order valence-corrected chi connectivity index (χ0v) is 11.4. The molecule has 3 unspecified atom stereocenters. The summed E-state index contributed by atoms with van der Waals surface area (Å²) in [5, 5.41) is 3.84. The van der Waals surface area contributed by atoms with Crippen LogP contribution in [0.15, 0.2) is 18.2 Å². The van der Waals surface area contributed by atoms with Gasteiger partial charge in [0.05, 0.1) is 6.10 Å². The maximum atomic E-state index is 5.58. The zero-order chi connectivity index (χ0) is 12.5. The van der Waals surface area contributed by atoms with Crippen LogP contribution >= 0.6 is 0 Å². The molecular formula is C16H23NO. The molecule has 1 saturated carbocycles. The van der Waals surface area contributed by atoms with E-state index in [1.807, 2.05) is 7.11 Å². The van der Waals surface area contributed by atoms with Gasteiger partial charge in [0.15, 0.2) is 0 Å². The highest BCUT2D eigenvalue weighted by molar-refractivity contribution is 5.37. The summed E-state index contributed by atoms with van der Waals surface area (Å²) < 4.78 is 5.58. The van der Waals surface area contributed by atoms with Crippen molar-refractivity contribution in [2.45, 2.75) is 57.2 Å². The van der Waals surface area contributed by atoms with Gasteiger partial charge in [-0.2, -0.15) is 0 Å². The highest BCUT2D eigenvalue weighted by Crippen LogP contribution is 2.34. The van der Waals surface area contributed by atoms with Crippen LogP contribution in [0.4, 0.5) is 0 Å². The SMILES string of the molecule is COC1CCCC1NC1CCc2ccc(C)cc21. The van der Waals surface area contributed by atoms with Crippen molar-refractivity contribution in [2.24, 2.45) is 0 Å². The summed E-state index contributed by atoms with van der Waals surface area (Å²) in [6.45, 7) is 2.18. The molecule has 0 amide bonds. The lowest BCUT2D eigenvalue weighted by Crippen LogP contribution is -2.38. The standard InChI is InChI=1S/C16H23NO/c1-11-6-7-12-8-9-14(13(12)10-11)17-15-4-3-5-16(15)18-2/h6-7,10,14-17H,3-5,8-9H2,1-2H3. The van der Waals surface area contributed by atoms with Crippen LogP contribution in [0.2, 0.25) is 0 Å². The fraction of sp³-hybridized carbons (Fsp3) is 0.625. The van der Waals surface area contributed by atoms with Crippen LogP contribution in [0, 0.1) is 6.92 Å². The summed E-state index contributed by atoms with van der Waals surface area (Å²) in [5.74, 6) is 0. The van der Waals surface area contributed by atoms with E-state index in [1.54, 1.807) is 0 Å². The lowest BCUT2D eigenvalue weighted by Gasteiger charge is -2.24. The average molecular weight is 245 g/mol. The molecule has 3 atom stereocenters. The normalized spacial score (nSPS) is 30.7. The summed E-state index contributed by atoms with van der Waals surface area (Å²) in [4.78, 5) is 0. The summed E-state index contributed by atoms with van der Waals surface area (Å²) in [5.41, 5.74) is 4.43. The summed E-state index contributed by atoms with van der Waals surface area (Å²) in [6, 6.07) is 7.98. The maximum Gasteiger partial charge on any atom is 0.0724 e. The molecule has 3 rings (SSSR count). The van der Waals surface area contributed by atoms with Crippen LogP contribution in [-0.2, 0) is 11.2 Å². The van der Waals surface area contributed by atoms with Crippen LogP contribution in [0.25, 0.3) is 0 Å². The van der Waals surface area contributed by atoms with E-state index < -0.39 is 0 Å². The molecule has 0 aromatic heterocycles. The quantitative estimate of drug-likeness (QED) is 0.883. The molecule has 1 aromatic carbocycles. The number of methoxy groups -OCH3 is 1. The van der Waals surface area contributed by atoms with Gasteiger partial charge in [-0.25, -0.2) is 0 Å². The van der Waals surface area contributed by atoms with Crippen LogP contribution in [0.3, 0.4) is 0 Å². The predicted octanol–water partition coefficient (Wildman–Crippen LogP) is 3.14. The van der Waals surface area contributed by atoms with E-state index in [2.05, 4.69) is 30.4 Å². The lowest BCUT2D eigenvalue weighted by atomic mass is 10.0. The zero-order valence-electron chi connectivity index (χ0n) is 11.4. The lowest BCUT2D eigenvalue weighted by molar-refractivity contribution is 0.0812. The molecule has 0 radical (unpaired) electrons. The molecule has 1 aromatic rings. The third-order valence-electron chi connectivity index (χ3n) is 4.55. The molecule has 0 saturated heterocycles. The Morgan fingerprint density at radius 3 is 2.94 bits per heavy atom. The summed E-state index contributed by atoms with van der Waals surface area (Å²) in [6.07, 6.45) is 6.64. The molecule has 0 spiro atoms. The third kappa shape index (κ3) is 2.19. The third-order valence-corrected chi connectivity index (χ3v) is 4.55. The van der Waals surface area contributed by atoms with Crippen molar-refractivity contribution < 1.29 is 4.74 Å². The van der Waals surface area contributed by atoms with Crippen LogP contribution in [0.5, 0.6) is 0 Å². The van der Waals surface area contributed by atoms with Crippen LogP contribution < -0.4 is 5.32 Å². The molecule has 0 aliphatic heterocycles. The van der Waals surface area contributed by atoms with E-state index in [4.69, 9.17) is 4.74 Å². The molecule has 18 heavy (non-hydrogen) atoms. The summed E-state index contributed by atoms with van der Waals surface area (Å²) >= 11 is 0. The Hall–Kier alpha value is -0.860. The highest BCUT2D eigenvalue weighted by atomic mass is 16.5. The molecule has 1 N–H and O–H groups in total. The van der Waals surface area contributed by atoms with Crippen molar-refractivity contribution in [1.29, 1.82) is 0 Å². The molecule has 2 nitrogen and oxygen atoms in total. The average Bonchev–Trinajstić information content (AvgIpc) is 2.97. The Bertz CT molecular complexity index is 429. The van der Waals surface area contributed by atoms with Gasteiger partial charge in [-0.15, -0.1) is 0 Å². The second kappa shape index (κ2) is 5.02. The van der Waals surface area contributed by atoms with Crippen molar-refractivity contribution in [3.05, 3.63) is 34.9 Å². The van der Waals surface area contributed by atoms with Crippen molar-refractivity contribution >= 4 is 0 Å². The van der Waals surface area contributed by atoms with Gasteiger partial charge in [0, 0.05) is 19.2 Å². The van der Waals surface area contributed by atoms with E-state index in [0.717, 1.165) is 0 Å². The molecule has 0 heterocycles. The van der Waals surface area contributed by atoms with Crippen molar-refractivity contribution in [3.63, 3.8) is 0 Å². The molecule has 2 aliphatic rings. The number of aryl methyl sites for hydroxylation is 2. The van der Waals surface area contributed by atoms with E-state index in [9.17, 15) is 0 Å². The van der Waals surface area contributed by atoms with Gasteiger partial charge in [0.2, 0.25) is 0 Å². The topological polar surface area (TPSA) is 21.3 Å². The number of rotatable bonds is 3. The predicted molar refractivity (Wildman–Crippen MR) is 73.8 cm³/mol. The second-order valence-electron chi connectivity index (χ2n) is 5.77. The van der Waals surface area contributed by atoms with Crippen molar-refractivity contribution in [2.75, 3.05) is 7.11 Å². The summed E-state index contributed by atoms with van der Waals surface area (Å²) in [7, 11) is 1.84. The molecule has 0 bridgehead atoms. The fourth-order valence-electron chi connectivity index (χ4n) is 3.55. The van der Waals surface area contributed by atoms with Crippen LogP contribution in [0.1, 0.15) is 48.4 Å². The van der Waals surface area contributed by atoms with Crippen molar-refractivity contribution in [1.82, 2.24) is 5.32 Å². The van der Waals surface area contributed by atoms with Gasteiger partial charge < -0.3 is 10.1 Å². The number of hydrogen-bond acceptors (Lipinski definition) is 2. The first-order valence-corrected chi connectivity index (χ1v) is 7.16. The van der Waals surface area contributed by atoms with Gasteiger partial charge >= 0.3 is 0 Å². The molecule has 2 heteroatoms. The number of hydrogen-bond donors (Lipinski definition) is 1. The number of fused-ring (bicyclic) bond motifs is 1.